The van der Waals surface area contributed by atoms with E-state index >= 15 is 0 Å². The van der Waals surface area contributed by atoms with E-state index in [1.807, 2.05) is 6.92 Å². The maximum absolute atomic E-state index is 13.7. The summed E-state index contributed by atoms with van der Waals surface area (Å²) in [5.41, 5.74) is 0. The molecule has 1 aromatic carbocycles. The van der Waals surface area contributed by atoms with E-state index in [1.54, 1.807) is 18.2 Å². The summed E-state index contributed by atoms with van der Waals surface area (Å²) in [6.45, 7) is 2.13. The van der Waals surface area contributed by atoms with Crippen molar-refractivity contribution < 1.29 is 9.50 Å². The molecule has 0 radical (unpaired) electrons. The van der Waals surface area contributed by atoms with Crippen LogP contribution in [-0.2, 0) is 0 Å². The maximum Gasteiger partial charge on any atom is 0.227 e. The summed E-state index contributed by atoms with van der Waals surface area (Å²) in [6.07, 6.45) is 0. The Kier molecular flexibility index (Phi) is 5.72. The van der Waals surface area contributed by atoms with Gasteiger partial charge in [-0.2, -0.15) is 9.97 Å². The Balaban J connectivity index is 2.16. The molecule has 112 valence electrons. The van der Waals surface area contributed by atoms with E-state index in [4.69, 9.17) is 16.7 Å². The number of thioether (sulfide) groups is 1. The van der Waals surface area contributed by atoms with Gasteiger partial charge in [0, 0.05) is 11.4 Å². The third-order valence-corrected chi connectivity index (χ3v) is 3.84. The number of aromatic nitrogens is 3. The van der Waals surface area contributed by atoms with E-state index in [0.717, 1.165) is 0 Å². The first kappa shape index (κ1) is 15.9. The van der Waals surface area contributed by atoms with Crippen molar-refractivity contribution in [3.8, 4) is 0 Å². The van der Waals surface area contributed by atoms with Crippen molar-refractivity contribution in [2.45, 2.75) is 17.1 Å². The molecule has 1 atom stereocenters. The van der Waals surface area contributed by atoms with E-state index in [-0.39, 0.29) is 23.0 Å². The van der Waals surface area contributed by atoms with Crippen molar-refractivity contribution in [1.82, 2.24) is 15.0 Å². The van der Waals surface area contributed by atoms with Gasteiger partial charge in [-0.1, -0.05) is 12.1 Å². The number of nitrogens with zero attached hydrogens (tertiary/aromatic N) is 3. The standard InChI is InChI=1S/C13H14ClFN4OS/c1-8(21-10-5-3-2-4-9(10)15)11-17-12(14)19-13(18-11)16-6-7-20/h2-5,8,20H,6-7H2,1H3,(H,16,17,18,19). The van der Waals surface area contributed by atoms with Gasteiger partial charge in [-0.3, -0.25) is 0 Å². The molecule has 0 saturated carbocycles. The lowest BCUT2D eigenvalue weighted by Crippen LogP contribution is -2.11. The van der Waals surface area contributed by atoms with Gasteiger partial charge >= 0.3 is 0 Å². The Morgan fingerprint density at radius 2 is 2.10 bits per heavy atom. The topological polar surface area (TPSA) is 70.9 Å². The number of aliphatic hydroxyl groups excluding tert-OH is 1. The fourth-order valence-corrected chi connectivity index (χ4v) is 2.67. The molecule has 2 N–H and O–H groups in total. The van der Waals surface area contributed by atoms with Gasteiger partial charge in [0.1, 0.15) is 11.6 Å². The van der Waals surface area contributed by atoms with Crippen LogP contribution in [0.4, 0.5) is 10.3 Å². The fourth-order valence-electron chi connectivity index (χ4n) is 1.58. The molecule has 2 rings (SSSR count). The minimum atomic E-state index is -0.284. The smallest absolute Gasteiger partial charge is 0.227 e. The van der Waals surface area contributed by atoms with Crippen molar-refractivity contribution in [2.24, 2.45) is 0 Å². The molecule has 1 heterocycles. The zero-order valence-electron chi connectivity index (χ0n) is 11.3. The first-order valence-corrected chi connectivity index (χ1v) is 7.53. The molecule has 1 aromatic heterocycles. The Bertz CT molecular complexity index is 616. The van der Waals surface area contributed by atoms with Gasteiger partial charge in [0.15, 0.2) is 0 Å². The molecule has 0 aliphatic heterocycles. The number of nitrogens with one attached hydrogen (secondary N) is 1. The number of anilines is 1. The van der Waals surface area contributed by atoms with E-state index in [9.17, 15) is 4.39 Å². The monoisotopic (exact) mass is 328 g/mol. The molecule has 0 aliphatic carbocycles. The van der Waals surface area contributed by atoms with Crippen molar-refractivity contribution in [3.63, 3.8) is 0 Å². The molecule has 8 heteroatoms. The van der Waals surface area contributed by atoms with Crippen molar-refractivity contribution in [1.29, 1.82) is 0 Å². The summed E-state index contributed by atoms with van der Waals surface area (Å²) in [4.78, 5) is 12.7. The highest BCUT2D eigenvalue weighted by Crippen LogP contribution is 2.34. The van der Waals surface area contributed by atoms with Crippen molar-refractivity contribution in [2.75, 3.05) is 18.5 Å². The molecule has 0 amide bonds. The van der Waals surface area contributed by atoms with Crippen molar-refractivity contribution in [3.05, 3.63) is 41.2 Å². The Morgan fingerprint density at radius 1 is 1.33 bits per heavy atom. The van der Waals surface area contributed by atoms with Crippen LogP contribution in [0.25, 0.3) is 0 Å². The Morgan fingerprint density at radius 3 is 2.81 bits per heavy atom. The second-order valence-corrected chi connectivity index (χ2v) is 5.85. The minimum absolute atomic E-state index is 0.0435. The summed E-state index contributed by atoms with van der Waals surface area (Å²) >= 11 is 7.16. The van der Waals surface area contributed by atoms with Gasteiger partial charge in [-0.15, -0.1) is 11.8 Å². The summed E-state index contributed by atoms with van der Waals surface area (Å²) in [6, 6.07) is 6.52. The maximum atomic E-state index is 13.7. The van der Waals surface area contributed by atoms with Gasteiger partial charge in [0.2, 0.25) is 11.2 Å². The number of halogens is 2. The number of benzene rings is 1. The molecule has 1 unspecified atom stereocenters. The first-order valence-electron chi connectivity index (χ1n) is 6.27. The summed E-state index contributed by atoms with van der Waals surface area (Å²) in [5, 5.41) is 11.5. The first-order chi connectivity index (χ1) is 10.1. The average Bonchev–Trinajstić information content (AvgIpc) is 2.47. The van der Waals surface area contributed by atoms with E-state index in [1.165, 1.54) is 17.8 Å². The van der Waals surface area contributed by atoms with Gasteiger partial charge in [0.05, 0.1) is 11.9 Å². The Labute approximate surface area is 131 Å². The highest BCUT2D eigenvalue weighted by Gasteiger charge is 2.15. The predicted molar refractivity (Wildman–Crippen MR) is 81.1 cm³/mol. The van der Waals surface area contributed by atoms with E-state index < -0.39 is 0 Å². The quantitative estimate of drug-likeness (QED) is 0.794. The lowest BCUT2D eigenvalue weighted by atomic mass is 10.3. The van der Waals surface area contributed by atoms with Crippen LogP contribution >= 0.6 is 23.4 Å². The van der Waals surface area contributed by atoms with Crippen molar-refractivity contribution >= 4 is 29.3 Å². The van der Waals surface area contributed by atoms with Gasteiger partial charge < -0.3 is 10.4 Å². The molecule has 2 aromatic rings. The van der Waals surface area contributed by atoms with Crippen LogP contribution in [0.2, 0.25) is 5.28 Å². The largest absolute Gasteiger partial charge is 0.395 e. The van der Waals surface area contributed by atoms with Crippen LogP contribution in [0, 0.1) is 5.82 Å². The molecular weight excluding hydrogens is 315 g/mol. The van der Waals surface area contributed by atoms with E-state index in [0.29, 0.717) is 23.2 Å². The van der Waals surface area contributed by atoms with Gasteiger partial charge in [-0.05, 0) is 30.7 Å². The van der Waals surface area contributed by atoms with Crippen LogP contribution in [0.15, 0.2) is 29.2 Å². The molecule has 21 heavy (non-hydrogen) atoms. The molecule has 0 fully saturated rings. The molecule has 0 aliphatic rings. The minimum Gasteiger partial charge on any atom is -0.395 e. The highest BCUT2D eigenvalue weighted by atomic mass is 35.5. The predicted octanol–water partition coefficient (Wildman–Crippen LogP) is 2.92. The number of rotatable bonds is 6. The molecular formula is C13H14ClFN4OS. The summed E-state index contributed by atoms with van der Waals surface area (Å²) < 4.78 is 13.7. The zero-order chi connectivity index (χ0) is 15.2. The van der Waals surface area contributed by atoms with E-state index in [2.05, 4.69) is 20.3 Å². The fraction of sp³-hybridized carbons (Fsp3) is 0.308. The summed E-state index contributed by atoms with van der Waals surface area (Å²) in [5.74, 6) is 0.455. The number of hydrogen-bond acceptors (Lipinski definition) is 6. The second kappa shape index (κ2) is 7.53. The van der Waals surface area contributed by atoms with Gasteiger partial charge in [0.25, 0.3) is 0 Å². The normalized spacial score (nSPS) is 12.2. The van der Waals surface area contributed by atoms with Crippen LogP contribution in [0.1, 0.15) is 18.0 Å². The molecule has 0 bridgehead atoms. The molecule has 0 spiro atoms. The number of aliphatic hydroxyl groups is 1. The molecule has 0 saturated heterocycles. The summed E-state index contributed by atoms with van der Waals surface area (Å²) in [7, 11) is 0. The van der Waals surface area contributed by atoms with Crippen LogP contribution in [0.3, 0.4) is 0 Å². The van der Waals surface area contributed by atoms with Crippen LogP contribution in [-0.4, -0.2) is 33.2 Å². The SMILES string of the molecule is CC(Sc1ccccc1F)c1nc(Cl)nc(NCCO)n1. The third-order valence-electron chi connectivity index (χ3n) is 2.52. The average molecular weight is 329 g/mol. The van der Waals surface area contributed by atoms with Gasteiger partial charge in [-0.25, -0.2) is 9.37 Å². The Hall–Kier alpha value is -1.44. The lowest BCUT2D eigenvalue weighted by Gasteiger charge is -2.12. The zero-order valence-corrected chi connectivity index (χ0v) is 12.8. The number of hydrogen-bond donors (Lipinski definition) is 2. The lowest BCUT2D eigenvalue weighted by molar-refractivity contribution is 0.310. The van der Waals surface area contributed by atoms with Crippen LogP contribution < -0.4 is 5.32 Å². The molecule has 5 nitrogen and oxygen atoms in total. The van der Waals surface area contributed by atoms with Crippen LogP contribution in [0.5, 0.6) is 0 Å². The third kappa shape index (κ3) is 4.52. The highest BCUT2D eigenvalue weighted by molar-refractivity contribution is 7.99. The second-order valence-electron chi connectivity index (χ2n) is 4.13.